The number of nitrogens with one attached hydrogen (secondary N) is 1. The molecule has 0 fully saturated rings. The summed E-state index contributed by atoms with van der Waals surface area (Å²) in [6.45, 7) is 10.4. The Balaban J connectivity index is 1.80. The molecule has 0 unspecified atom stereocenters. The predicted molar refractivity (Wildman–Crippen MR) is 120 cm³/mol. The maximum Gasteiger partial charge on any atom is 0.224 e. The van der Waals surface area contributed by atoms with Crippen molar-refractivity contribution in [3.05, 3.63) is 42.0 Å². The Hall–Kier alpha value is -2.89. The third kappa shape index (κ3) is 4.94. The Morgan fingerprint density at radius 3 is 2.28 bits per heavy atom. The van der Waals surface area contributed by atoms with Gasteiger partial charge in [0, 0.05) is 30.9 Å². The molecule has 29 heavy (non-hydrogen) atoms. The first-order chi connectivity index (χ1) is 14.0. The van der Waals surface area contributed by atoms with Crippen LogP contribution in [-0.4, -0.2) is 34.0 Å². The van der Waals surface area contributed by atoms with Gasteiger partial charge in [0.1, 0.15) is 11.0 Å². The number of amides is 1. The Morgan fingerprint density at radius 2 is 1.66 bits per heavy atom. The van der Waals surface area contributed by atoms with E-state index in [1.807, 2.05) is 31.2 Å². The van der Waals surface area contributed by atoms with Gasteiger partial charge in [-0.05, 0) is 69.2 Å². The molecule has 0 bridgehead atoms. The third-order valence-electron chi connectivity index (χ3n) is 5.22. The van der Waals surface area contributed by atoms with Crippen LogP contribution in [0, 0.1) is 6.92 Å². The van der Waals surface area contributed by atoms with Crippen LogP contribution in [-0.2, 0) is 4.79 Å². The third-order valence-corrected chi connectivity index (χ3v) is 5.22. The van der Waals surface area contributed by atoms with Crippen LogP contribution < -0.4 is 10.2 Å². The molecule has 3 rings (SSSR count). The molecule has 3 aromatic rings. The predicted octanol–water partition coefficient (Wildman–Crippen LogP) is 5.09. The maximum atomic E-state index is 12.2. The second kappa shape index (κ2) is 9.54. The Kier molecular flexibility index (Phi) is 6.86. The fraction of sp³-hybridized carbons (Fsp3) is 0.435. The van der Waals surface area contributed by atoms with E-state index in [1.165, 1.54) is 5.69 Å². The zero-order chi connectivity index (χ0) is 20.8. The highest BCUT2D eigenvalue weighted by Gasteiger charge is 2.11. The van der Waals surface area contributed by atoms with Crippen LogP contribution in [0.2, 0.25) is 0 Å². The summed E-state index contributed by atoms with van der Waals surface area (Å²) in [5.41, 5.74) is 5.50. The van der Waals surface area contributed by atoms with E-state index < -0.39 is 0 Å². The van der Waals surface area contributed by atoms with Gasteiger partial charge >= 0.3 is 0 Å². The van der Waals surface area contributed by atoms with E-state index in [2.05, 4.69) is 53.3 Å². The standard InChI is InChI=1S/C23H31N5O/c1-5-8-9-10-23(29)24-20-16-22-21(15-17(20)4)25-28(26-22)19-13-11-18(12-14-19)27(6-2)7-3/h11-16H,5-10H2,1-4H3,(H,24,29). The van der Waals surface area contributed by atoms with E-state index in [-0.39, 0.29) is 5.91 Å². The lowest BCUT2D eigenvalue weighted by Gasteiger charge is -2.20. The Morgan fingerprint density at radius 1 is 1.00 bits per heavy atom. The number of carbonyl (C=O) groups is 1. The van der Waals surface area contributed by atoms with Crippen LogP contribution in [0.5, 0.6) is 0 Å². The summed E-state index contributed by atoms with van der Waals surface area (Å²) in [6.07, 6.45) is 3.66. The first-order valence-corrected chi connectivity index (χ1v) is 10.6. The number of anilines is 2. The number of aromatic nitrogens is 3. The molecule has 2 aromatic carbocycles. The van der Waals surface area contributed by atoms with Crippen molar-refractivity contribution in [3.8, 4) is 5.69 Å². The van der Waals surface area contributed by atoms with Crippen molar-refractivity contribution in [1.29, 1.82) is 0 Å². The van der Waals surface area contributed by atoms with Crippen molar-refractivity contribution < 1.29 is 4.79 Å². The highest BCUT2D eigenvalue weighted by molar-refractivity contribution is 5.94. The number of aryl methyl sites for hydroxylation is 1. The Bertz CT molecular complexity index is 957. The quantitative estimate of drug-likeness (QED) is 0.514. The number of nitrogens with zero attached hydrogens (tertiary/aromatic N) is 4. The van der Waals surface area contributed by atoms with Crippen molar-refractivity contribution >= 4 is 28.3 Å². The van der Waals surface area contributed by atoms with Crippen molar-refractivity contribution in [1.82, 2.24) is 15.0 Å². The topological polar surface area (TPSA) is 63.1 Å². The zero-order valence-electron chi connectivity index (χ0n) is 17.9. The average molecular weight is 394 g/mol. The van der Waals surface area contributed by atoms with Gasteiger partial charge in [-0.2, -0.15) is 4.80 Å². The number of hydrogen-bond donors (Lipinski definition) is 1. The second-order valence-electron chi connectivity index (χ2n) is 7.34. The van der Waals surface area contributed by atoms with Crippen LogP contribution in [0.4, 0.5) is 11.4 Å². The number of benzene rings is 2. The summed E-state index contributed by atoms with van der Waals surface area (Å²) in [7, 11) is 0. The van der Waals surface area contributed by atoms with E-state index in [0.29, 0.717) is 6.42 Å². The smallest absolute Gasteiger partial charge is 0.224 e. The molecule has 0 atom stereocenters. The molecule has 6 nitrogen and oxygen atoms in total. The molecular formula is C23H31N5O. The molecule has 1 amide bonds. The van der Waals surface area contributed by atoms with Gasteiger partial charge in [-0.3, -0.25) is 4.79 Å². The molecule has 0 aliphatic heterocycles. The number of fused-ring (bicyclic) bond motifs is 1. The van der Waals surface area contributed by atoms with Gasteiger partial charge < -0.3 is 10.2 Å². The molecule has 0 radical (unpaired) electrons. The highest BCUT2D eigenvalue weighted by Crippen LogP contribution is 2.23. The summed E-state index contributed by atoms with van der Waals surface area (Å²) in [5.74, 6) is 0.0558. The summed E-state index contributed by atoms with van der Waals surface area (Å²) in [5, 5.41) is 12.3. The van der Waals surface area contributed by atoms with Crippen LogP contribution in [0.25, 0.3) is 16.7 Å². The SMILES string of the molecule is CCCCCC(=O)Nc1cc2nn(-c3ccc(N(CC)CC)cc3)nc2cc1C. The van der Waals surface area contributed by atoms with Crippen molar-refractivity contribution in [2.45, 2.75) is 53.4 Å². The highest BCUT2D eigenvalue weighted by atomic mass is 16.1. The van der Waals surface area contributed by atoms with Gasteiger partial charge in [0.15, 0.2) is 0 Å². The van der Waals surface area contributed by atoms with Crippen molar-refractivity contribution in [2.75, 3.05) is 23.3 Å². The van der Waals surface area contributed by atoms with Crippen LogP contribution in [0.1, 0.15) is 52.0 Å². The molecule has 0 saturated heterocycles. The molecule has 0 aliphatic carbocycles. The van der Waals surface area contributed by atoms with Gasteiger partial charge in [0.2, 0.25) is 5.91 Å². The fourth-order valence-corrected chi connectivity index (χ4v) is 3.45. The minimum absolute atomic E-state index is 0.0558. The Labute approximate surface area is 172 Å². The molecule has 1 N–H and O–H groups in total. The van der Waals surface area contributed by atoms with E-state index >= 15 is 0 Å². The normalized spacial score (nSPS) is 11.0. The average Bonchev–Trinajstić information content (AvgIpc) is 3.12. The van der Waals surface area contributed by atoms with E-state index in [4.69, 9.17) is 0 Å². The molecular weight excluding hydrogens is 362 g/mol. The summed E-state index contributed by atoms with van der Waals surface area (Å²) >= 11 is 0. The van der Waals surface area contributed by atoms with Gasteiger partial charge in [-0.15, -0.1) is 10.2 Å². The number of hydrogen-bond acceptors (Lipinski definition) is 4. The molecule has 6 heteroatoms. The van der Waals surface area contributed by atoms with Crippen LogP contribution in [0.3, 0.4) is 0 Å². The lowest BCUT2D eigenvalue weighted by Crippen LogP contribution is -2.21. The van der Waals surface area contributed by atoms with Crippen molar-refractivity contribution in [2.24, 2.45) is 0 Å². The van der Waals surface area contributed by atoms with E-state index in [9.17, 15) is 4.79 Å². The van der Waals surface area contributed by atoms with Crippen LogP contribution in [0.15, 0.2) is 36.4 Å². The van der Waals surface area contributed by atoms with Crippen molar-refractivity contribution in [3.63, 3.8) is 0 Å². The molecule has 1 aromatic heterocycles. The summed E-state index contributed by atoms with van der Waals surface area (Å²) in [4.78, 5) is 16.1. The fourth-order valence-electron chi connectivity index (χ4n) is 3.45. The molecule has 0 saturated carbocycles. The van der Waals surface area contributed by atoms with Gasteiger partial charge in [0.05, 0.1) is 5.69 Å². The first kappa shape index (κ1) is 20.8. The monoisotopic (exact) mass is 393 g/mol. The number of rotatable bonds is 9. The van der Waals surface area contributed by atoms with Gasteiger partial charge in [-0.1, -0.05) is 19.8 Å². The molecule has 0 spiro atoms. The minimum Gasteiger partial charge on any atom is -0.372 e. The molecule has 0 aliphatic rings. The summed E-state index contributed by atoms with van der Waals surface area (Å²) < 4.78 is 0. The largest absolute Gasteiger partial charge is 0.372 e. The maximum absolute atomic E-state index is 12.2. The number of unbranched alkanes of at least 4 members (excludes halogenated alkanes) is 2. The minimum atomic E-state index is 0.0558. The zero-order valence-corrected chi connectivity index (χ0v) is 17.9. The number of carbonyl (C=O) groups excluding carboxylic acids is 1. The van der Waals surface area contributed by atoms with E-state index in [0.717, 1.165) is 60.3 Å². The van der Waals surface area contributed by atoms with Gasteiger partial charge in [0.25, 0.3) is 0 Å². The molecule has 1 heterocycles. The lowest BCUT2D eigenvalue weighted by molar-refractivity contribution is -0.116. The summed E-state index contributed by atoms with van der Waals surface area (Å²) in [6, 6.07) is 12.2. The first-order valence-electron chi connectivity index (χ1n) is 10.6. The second-order valence-corrected chi connectivity index (χ2v) is 7.34. The van der Waals surface area contributed by atoms with E-state index in [1.54, 1.807) is 4.80 Å². The molecule has 154 valence electrons. The van der Waals surface area contributed by atoms with Gasteiger partial charge in [-0.25, -0.2) is 0 Å². The van der Waals surface area contributed by atoms with Crippen LogP contribution >= 0.6 is 0 Å². The lowest BCUT2D eigenvalue weighted by atomic mass is 10.1.